The molecule has 2 aromatic carbocycles. The average molecular weight is 495 g/mol. The van der Waals surface area contributed by atoms with Crippen molar-refractivity contribution >= 4 is 11.7 Å². The molecule has 3 rings (SSSR count). The second kappa shape index (κ2) is 12.7. The molecule has 1 atom stereocenters. The Morgan fingerprint density at radius 2 is 1.43 bits per heavy atom. The maximum atomic E-state index is 14.9. The van der Waals surface area contributed by atoms with Gasteiger partial charge in [0.1, 0.15) is 0 Å². The van der Waals surface area contributed by atoms with E-state index in [1.165, 1.54) is 57.1 Å². The van der Waals surface area contributed by atoms with E-state index in [-0.39, 0.29) is 30.6 Å². The summed E-state index contributed by atoms with van der Waals surface area (Å²) < 4.78 is 74.3. The Morgan fingerprint density at radius 1 is 0.886 bits per heavy atom. The van der Waals surface area contributed by atoms with Crippen molar-refractivity contribution in [1.82, 2.24) is 0 Å². The molecule has 1 saturated carbocycles. The maximum Gasteiger partial charge on any atom is 0.392 e. The topological polar surface area (TPSA) is 9.23 Å². The number of hydrogen-bond donors (Lipinski definition) is 0. The van der Waals surface area contributed by atoms with Gasteiger partial charge in [-0.25, -0.2) is 8.78 Å². The van der Waals surface area contributed by atoms with E-state index < -0.39 is 23.7 Å². The van der Waals surface area contributed by atoms with Crippen LogP contribution in [0.25, 0.3) is 11.7 Å². The summed E-state index contributed by atoms with van der Waals surface area (Å²) in [6.07, 6.45) is 2.45. The lowest BCUT2D eigenvalue weighted by Crippen LogP contribution is -2.26. The van der Waals surface area contributed by atoms with Crippen molar-refractivity contribution < 1.29 is 26.7 Å². The van der Waals surface area contributed by atoms with Crippen LogP contribution in [0.4, 0.5) is 22.0 Å². The van der Waals surface area contributed by atoms with Gasteiger partial charge in [-0.05, 0) is 61.5 Å². The molecule has 1 aliphatic rings. The molecule has 2 aromatic rings. The van der Waals surface area contributed by atoms with Crippen LogP contribution in [0.3, 0.4) is 0 Å². The summed E-state index contributed by atoms with van der Waals surface area (Å²) in [6, 6.07) is 12.5. The minimum absolute atomic E-state index is 0.00372. The third-order valence-electron chi connectivity index (χ3n) is 7.19. The predicted molar refractivity (Wildman–Crippen MR) is 131 cm³/mol. The Morgan fingerprint density at radius 3 is 1.91 bits per heavy atom. The van der Waals surface area contributed by atoms with Crippen LogP contribution in [0, 0.1) is 11.8 Å². The van der Waals surface area contributed by atoms with Crippen LogP contribution >= 0.6 is 0 Å². The number of benzene rings is 2. The first kappa shape index (κ1) is 27.4. The van der Waals surface area contributed by atoms with E-state index in [1.54, 1.807) is 12.1 Å². The lowest BCUT2D eigenvalue weighted by molar-refractivity contribution is -0.178. The van der Waals surface area contributed by atoms with Crippen LogP contribution in [0.1, 0.15) is 80.0 Å². The fourth-order valence-electron chi connectivity index (χ4n) is 5.06. The predicted octanol–water partition coefficient (Wildman–Crippen LogP) is 9.28. The second-order valence-electron chi connectivity index (χ2n) is 9.68. The largest absolute Gasteiger partial charge is 0.392 e. The molecule has 0 aliphatic heterocycles. The minimum atomic E-state index is -4.35. The van der Waals surface area contributed by atoms with E-state index >= 15 is 0 Å². The Labute approximate surface area is 205 Å². The first-order valence-corrected chi connectivity index (χ1v) is 12.5. The molecule has 0 saturated heterocycles. The van der Waals surface area contributed by atoms with Gasteiger partial charge < -0.3 is 4.74 Å². The summed E-state index contributed by atoms with van der Waals surface area (Å²) >= 11 is 0. The summed E-state index contributed by atoms with van der Waals surface area (Å²) in [7, 11) is 1.36. The lowest BCUT2D eigenvalue weighted by atomic mass is 9.77. The van der Waals surface area contributed by atoms with E-state index in [0.29, 0.717) is 11.5 Å². The minimum Gasteiger partial charge on any atom is -0.385 e. The fraction of sp³-hybridized carbons (Fsp3) is 0.517. The Balaban J connectivity index is 1.66. The van der Waals surface area contributed by atoms with Crippen LogP contribution in [0.15, 0.2) is 48.5 Å². The molecule has 0 amide bonds. The highest BCUT2D eigenvalue weighted by Gasteiger charge is 2.39. The molecule has 1 unspecified atom stereocenters. The number of alkyl halides is 3. The zero-order valence-corrected chi connectivity index (χ0v) is 20.5. The van der Waals surface area contributed by atoms with Crippen LogP contribution in [0.5, 0.6) is 0 Å². The third kappa shape index (κ3) is 7.63. The van der Waals surface area contributed by atoms with Crippen LogP contribution in [-0.4, -0.2) is 19.9 Å². The maximum absolute atomic E-state index is 14.9. The highest BCUT2D eigenvalue weighted by atomic mass is 19.4. The highest BCUT2D eigenvalue weighted by molar-refractivity contribution is 5.83. The van der Waals surface area contributed by atoms with Gasteiger partial charge >= 0.3 is 6.18 Å². The SMILES string of the molecule is CCCC1CCC(c2ccc(/C(F)=C(/F)c3ccc(CC(CCOC)C(F)(F)F)cc3)cc2)CC1. The number of ether oxygens (including phenoxy) is 1. The summed E-state index contributed by atoms with van der Waals surface area (Å²) in [5, 5.41) is 0. The van der Waals surface area contributed by atoms with Gasteiger partial charge in [0, 0.05) is 24.8 Å². The smallest absolute Gasteiger partial charge is 0.385 e. The molecule has 0 spiro atoms. The molecule has 192 valence electrons. The number of rotatable bonds is 10. The van der Waals surface area contributed by atoms with Gasteiger partial charge in [-0.2, -0.15) is 13.2 Å². The average Bonchev–Trinajstić information content (AvgIpc) is 2.86. The molecule has 0 bridgehead atoms. The summed E-state index contributed by atoms with van der Waals surface area (Å²) in [5.41, 5.74) is 1.74. The molecule has 6 heteroatoms. The van der Waals surface area contributed by atoms with Gasteiger partial charge in [0.25, 0.3) is 0 Å². The summed E-state index contributed by atoms with van der Waals surface area (Å²) in [4.78, 5) is 0. The molecule has 1 nitrogen and oxygen atoms in total. The van der Waals surface area contributed by atoms with E-state index in [2.05, 4.69) is 6.92 Å². The van der Waals surface area contributed by atoms with E-state index in [4.69, 9.17) is 4.74 Å². The molecular weight excluding hydrogens is 459 g/mol. The molecule has 0 heterocycles. The van der Waals surface area contributed by atoms with Crippen LogP contribution in [0.2, 0.25) is 0 Å². The van der Waals surface area contributed by atoms with Crippen LogP contribution < -0.4 is 0 Å². The highest BCUT2D eigenvalue weighted by Crippen LogP contribution is 2.38. The third-order valence-corrected chi connectivity index (χ3v) is 7.19. The standard InChI is InChI=1S/C29H35F5O/c1-3-4-20-5-9-22(10-6-20)23-13-15-25(16-14-23)28(31)27(30)24-11-7-21(8-12-24)19-26(17-18-35-2)29(32,33)34/h7-8,11-16,20,22,26H,3-6,9-10,17-19H2,1-2H3/b28-27-. The van der Waals surface area contributed by atoms with Crippen molar-refractivity contribution in [3.05, 3.63) is 70.8 Å². The van der Waals surface area contributed by atoms with E-state index in [9.17, 15) is 22.0 Å². The van der Waals surface area contributed by atoms with E-state index in [1.807, 2.05) is 12.1 Å². The molecule has 0 N–H and O–H groups in total. The van der Waals surface area contributed by atoms with Gasteiger partial charge in [-0.1, -0.05) is 68.3 Å². The van der Waals surface area contributed by atoms with Gasteiger partial charge in [0.2, 0.25) is 0 Å². The van der Waals surface area contributed by atoms with Crippen molar-refractivity contribution in [3.8, 4) is 0 Å². The monoisotopic (exact) mass is 494 g/mol. The number of hydrogen-bond acceptors (Lipinski definition) is 1. The molecule has 1 fully saturated rings. The Bertz CT molecular complexity index is 939. The normalized spacial score (nSPS) is 20.4. The van der Waals surface area contributed by atoms with E-state index in [0.717, 1.165) is 24.3 Å². The molecule has 1 aliphatic carbocycles. The Kier molecular flexibility index (Phi) is 9.90. The van der Waals surface area contributed by atoms with Crippen molar-refractivity contribution in [2.24, 2.45) is 11.8 Å². The first-order chi connectivity index (χ1) is 16.7. The zero-order chi connectivity index (χ0) is 25.4. The molecule has 35 heavy (non-hydrogen) atoms. The molecule has 0 radical (unpaired) electrons. The van der Waals surface area contributed by atoms with Gasteiger partial charge in [0.05, 0.1) is 5.92 Å². The molecule has 0 aromatic heterocycles. The molecular formula is C29H35F5O. The van der Waals surface area contributed by atoms with Crippen molar-refractivity contribution in [2.75, 3.05) is 13.7 Å². The number of methoxy groups -OCH3 is 1. The Hall–Kier alpha value is -2.21. The zero-order valence-electron chi connectivity index (χ0n) is 20.5. The second-order valence-corrected chi connectivity index (χ2v) is 9.68. The van der Waals surface area contributed by atoms with Crippen molar-refractivity contribution in [3.63, 3.8) is 0 Å². The van der Waals surface area contributed by atoms with Crippen molar-refractivity contribution in [2.45, 2.75) is 70.4 Å². The first-order valence-electron chi connectivity index (χ1n) is 12.5. The summed E-state index contributed by atoms with van der Waals surface area (Å²) in [6.45, 7) is 2.22. The van der Waals surface area contributed by atoms with Gasteiger partial charge in [-0.15, -0.1) is 0 Å². The number of halogens is 5. The summed E-state index contributed by atoms with van der Waals surface area (Å²) in [5.74, 6) is -2.27. The van der Waals surface area contributed by atoms with Gasteiger partial charge in [-0.3, -0.25) is 0 Å². The fourth-order valence-corrected chi connectivity index (χ4v) is 5.06. The lowest BCUT2D eigenvalue weighted by Gasteiger charge is -2.28. The van der Waals surface area contributed by atoms with Crippen molar-refractivity contribution in [1.29, 1.82) is 0 Å². The van der Waals surface area contributed by atoms with Gasteiger partial charge in [0.15, 0.2) is 11.7 Å². The van der Waals surface area contributed by atoms with Crippen LogP contribution in [-0.2, 0) is 11.2 Å². The quantitative estimate of drug-likeness (QED) is 0.236.